The summed E-state index contributed by atoms with van der Waals surface area (Å²) in [6, 6.07) is 13.8. The van der Waals surface area contributed by atoms with Crippen LogP contribution >= 0.6 is 0 Å². The molecule has 0 spiro atoms. The van der Waals surface area contributed by atoms with Gasteiger partial charge in [0.1, 0.15) is 5.75 Å². The van der Waals surface area contributed by atoms with Crippen LogP contribution in [-0.4, -0.2) is 62.2 Å². The molecule has 188 valence electrons. The fraction of sp³-hybridized carbons (Fsp3) is 0.462. The van der Waals surface area contributed by atoms with Gasteiger partial charge in [-0.2, -0.15) is 4.31 Å². The quantitative estimate of drug-likeness (QED) is 0.602. The summed E-state index contributed by atoms with van der Waals surface area (Å²) in [6.45, 7) is 4.92. The standard InChI is InChI=1S/C26H33N3O5S/c1-2-34-23-8-10-24(11-9-23)35(32,33)29-16-12-21(13-17-29)25(30)27-19-20-6-5-7-22(18-20)26(31)28-14-3-4-15-28/h5-11,18,21H,2-4,12-17,19H2,1H3,(H,27,30). The molecule has 0 saturated carbocycles. The van der Waals surface area contributed by atoms with Crippen molar-refractivity contribution in [2.45, 2.75) is 44.0 Å². The predicted molar refractivity (Wildman–Crippen MR) is 133 cm³/mol. The van der Waals surface area contributed by atoms with Gasteiger partial charge in [0.15, 0.2) is 0 Å². The summed E-state index contributed by atoms with van der Waals surface area (Å²) in [5.74, 6) is 0.347. The number of likely N-dealkylation sites (tertiary alicyclic amines) is 1. The van der Waals surface area contributed by atoms with Crippen LogP contribution in [-0.2, 0) is 21.4 Å². The van der Waals surface area contributed by atoms with Crippen LogP contribution in [0.25, 0.3) is 0 Å². The fourth-order valence-electron chi connectivity index (χ4n) is 4.63. The highest BCUT2D eigenvalue weighted by molar-refractivity contribution is 7.89. The molecule has 4 rings (SSSR count). The number of hydrogen-bond donors (Lipinski definition) is 1. The minimum atomic E-state index is -3.61. The van der Waals surface area contributed by atoms with Crippen LogP contribution in [0.1, 0.15) is 48.5 Å². The van der Waals surface area contributed by atoms with Crippen LogP contribution in [0.5, 0.6) is 5.75 Å². The molecule has 2 aliphatic rings. The van der Waals surface area contributed by atoms with E-state index in [9.17, 15) is 18.0 Å². The summed E-state index contributed by atoms with van der Waals surface area (Å²) in [7, 11) is -3.61. The third kappa shape index (κ3) is 6.02. The summed E-state index contributed by atoms with van der Waals surface area (Å²) >= 11 is 0. The molecule has 2 amide bonds. The van der Waals surface area contributed by atoms with Crippen molar-refractivity contribution in [3.05, 3.63) is 59.7 Å². The summed E-state index contributed by atoms with van der Waals surface area (Å²) in [4.78, 5) is 27.5. The third-order valence-corrected chi connectivity index (χ3v) is 8.54. The molecule has 0 radical (unpaired) electrons. The number of sulfonamides is 1. The van der Waals surface area contributed by atoms with Crippen molar-refractivity contribution < 1.29 is 22.7 Å². The van der Waals surface area contributed by atoms with Gasteiger partial charge in [0.25, 0.3) is 5.91 Å². The zero-order valence-corrected chi connectivity index (χ0v) is 20.9. The van der Waals surface area contributed by atoms with Crippen LogP contribution in [0.4, 0.5) is 0 Å². The molecule has 0 unspecified atom stereocenters. The van der Waals surface area contributed by atoms with E-state index >= 15 is 0 Å². The lowest BCUT2D eigenvalue weighted by Gasteiger charge is -2.30. The van der Waals surface area contributed by atoms with Crippen molar-refractivity contribution in [2.75, 3.05) is 32.8 Å². The van der Waals surface area contributed by atoms with Crippen molar-refractivity contribution in [3.8, 4) is 5.75 Å². The third-order valence-electron chi connectivity index (χ3n) is 6.63. The fourth-order valence-corrected chi connectivity index (χ4v) is 6.10. The van der Waals surface area contributed by atoms with Crippen LogP contribution in [0, 0.1) is 5.92 Å². The Balaban J connectivity index is 1.28. The number of carbonyl (C=O) groups excluding carboxylic acids is 2. The van der Waals surface area contributed by atoms with Gasteiger partial charge in [0, 0.05) is 44.2 Å². The number of ether oxygens (including phenoxy) is 1. The minimum Gasteiger partial charge on any atom is -0.494 e. The van der Waals surface area contributed by atoms with Gasteiger partial charge in [-0.1, -0.05) is 12.1 Å². The molecule has 8 nitrogen and oxygen atoms in total. The van der Waals surface area contributed by atoms with E-state index in [4.69, 9.17) is 4.74 Å². The number of carbonyl (C=O) groups is 2. The van der Waals surface area contributed by atoms with E-state index in [0.29, 0.717) is 50.4 Å². The van der Waals surface area contributed by atoms with Gasteiger partial charge in [-0.3, -0.25) is 9.59 Å². The van der Waals surface area contributed by atoms with Crippen molar-refractivity contribution in [1.29, 1.82) is 0 Å². The van der Waals surface area contributed by atoms with Crippen LogP contribution in [0.15, 0.2) is 53.4 Å². The Bertz CT molecular complexity index is 1140. The van der Waals surface area contributed by atoms with E-state index in [0.717, 1.165) is 31.5 Å². The number of amides is 2. The number of hydrogen-bond acceptors (Lipinski definition) is 5. The maximum atomic E-state index is 13.0. The first kappa shape index (κ1) is 25.2. The molecule has 0 aromatic heterocycles. The van der Waals surface area contributed by atoms with Crippen LogP contribution in [0.3, 0.4) is 0 Å². The van der Waals surface area contributed by atoms with E-state index in [-0.39, 0.29) is 22.6 Å². The maximum Gasteiger partial charge on any atom is 0.253 e. The van der Waals surface area contributed by atoms with E-state index in [1.807, 2.05) is 36.1 Å². The molecule has 9 heteroatoms. The zero-order valence-electron chi connectivity index (χ0n) is 20.1. The largest absolute Gasteiger partial charge is 0.494 e. The van der Waals surface area contributed by atoms with Gasteiger partial charge in [0.2, 0.25) is 15.9 Å². The normalized spacial score (nSPS) is 17.3. The van der Waals surface area contributed by atoms with E-state index in [1.165, 1.54) is 4.31 Å². The molecule has 2 aliphatic heterocycles. The van der Waals surface area contributed by atoms with Gasteiger partial charge >= 0.3 is 0 Å². The molecule has 0 aliphatic carbocycles. The second kappa shape index (κ2) is 11.2. The Morgan fingerprint density at radius 3 is 2.34 bits per heavy atom. The summed E-state index contributed by atoms with van der Waals surface area (Å²) in [5.41, 5.74) is 1.52. The molecule has 2 aromatic carbocycles. The first-order valence-corrected chi connectivity index (χ1v) is 13.7. The Labute approximate surface area is 207 Å². The number of piperidine rings is 1. The Morgan fingerprint density at radius 1 is 1.00 bits per heavy atom. The number of benzene rings is 2. The van der Waals surface area contributed by atoms with E-state index in [1.54, 1.807) is 24.3 Å². The molecule has 0 atom stereocenters. The maximum absolute atomic E-state index is 13.0. The molecule has 2 fully saturated rings. The summed E-state index contributed by atoms with van der Waals surface area (Å²) in [6.07, 6.45) is 3.02. The SMILES string of the molecule is CCOc1ccc(S(=O)(=O)N2CCC(C(=O)NCc3cccc(C(=O)N4CCCC4)c3)CC2)cc1. The Kier molecular flexibility index (Phi) is 8.07. The smallest absolute Gasteiger partial charge is 0.253 e. The first-order valence-electron chi connectivity index (χ1n) is 12.3. The highest BCUT2D eigenvalue weighted by atomic mass is 32.2. The number of nitrogens with zero attached hydrogens (tertiary/aromatic N) is 2. The minimum absolute atomic E-state index is 0.0387. The van der Waals surface area contributed by atoms with E-state index in [2.05, 4.69) is 5.32 Å². The molecule has 2 saturated heterocycles. The highest BCUT2D eigenvalue weighted by Crippen LogP contribution is 2.25. The van der Waals surface area contributed by atoms with Crippen LogP contribution in [0.2, 0.25) is 0 Å². The van der Waals surface area contributed by atoms with Gasteiger partial charge in [-0.25, -0.2) is 8.42 Å². The molecule has 2 aromatic rings. The molecule has 0 bridgehead atoms. The predicted octanol–water partition coefficient (Wildman–Crippen LogP) is 3.04. The molecular weight excluding hydrogens is 466 g/mol. The lowest BCUT2D eigenvalue weighted by Crippen LogP contribution is -2.42. The molecule has 1 N–H and O–H groups in total. The van der Waals surface area contributed by atoms with Crippen molar-refractivity contribution >= 4 is 21.8 Å². The average Bonchev–Trinajstić information content (AvgIpc) is 3.43. The molecular formula is C26H33N3O5S. The Hall–Kier alpha value is -2.91. The van der Waals surface area contributed by atoms with Crippen molar-refractivity contribution in [3.63, 3.8) is 0 Å². The van der Waals surface area contributed by atoms with Crippen molar-refractivity contribution in [1.82, 2.24) is 14.5 Å². The second-order valence-electron chi connectivity index (χ2n) is 9.00. The first-order chi connectivity index (χ1) is 16.9. The number of rotatable bonds is 8. The Morgan fingerprint density at radius 2 is 1.69 bits per heavy atom. The van der Waals surface area contributed by atoms with Gasteiger partial charge in [-0.15, -0.1) is 0 Å². The number of nitrogens with one attached hydrogen (secondary N) is 1. The topological polar surface area (TPSA) is 96.0 Å². The van der Waals surface area contributed by atoms with Gasteiger partial charge in [0.05, 0.1) is 11.5 Å². The summed E-state index contributed by atoms with van der Waals surface area (Å²) < 4.78 is 32.8. The summed E-state index contributed by atoms with van der Waals surface area (Å²) in [5, 5.41) is 2.96. The molecule has 35 heavy (non-hydrogen) atoms. The highest BCUT2D eigenvalue weighted by Gasteiger charge is 2.32. The van der Waals surface area contributed by atoms with E-state index < -0.39 is 10.0 Å². The monoisotopic (exact) mass is 499 g/mol. The van der Waals surface area contributed by atoms with Crippen molar-refractivity contribution in [2.24, 2.45) is 5.92 Å². The zero-order chi connectivity index (χ0) is 24.8. The van der Waals surface area contributed by atoms with Gasteiger partial charge < -0.3 is 15.0 Å². The lowest BCUT2D eigenvalue weighted by molar-refractivity contribution is -0.126. The second-order valence-corrected chi connectivity index (χ2v) is 10.9. The molecule has 2 heterocycles. The van der Waals surface area contributed by atoms with Gasteiger partial charge in [-0.05, 0) is 74.6 Å². The van der Waals surface area contributed by atoms with Crippen LogP contribution < -0.4 is 10.1 Å². The lowest BCUT2D eigenvalue weighted by atomic mass is 9.97. The average molecular weight is 500 g/mol.